The molecule has 0 bridgehead atoms. The number of pyridine rings is 1. The fourth-order valence-electron chi connectivity index (χ4n) is 2.59. The first-order valence-electron chi connectivity index (χ1n) is 6.76. The third-order valence-corrected chi connectivity index (χ3v) is 4.09. The fraction of sp³-hybridized carbons (Fsp3) is 0.312. The third-order valence-electron chi connectivity index (χ3n) is 3.66. The zero-order chi connectivity index (χ0) is 13.9. The number of morpholine rings is 1. The second kappa shape index (κ2) is 5.94. The van der Waals surface area contributed by atoms with Crippen molar-refractivity contribution < 1.29 is 4.74 Å². The van der Waals surface area contributed by atoms with Gasteiger partial charge in [0.25, 0.3) is 0 Å². The zero-order valence-corrected chi connectivity index (χ0v) is 13.0. The van der Waals surface area contributed by atoms with Crippen molar-refractivity contribution in [3.8, 4) is 0 Å². The molecular weight excluding hydrogens is 316 g/mol. The summed E-state index contributed by atoms with van der Waals surface area (Å²) in [7, 11) is 0. The van der Waals surface area contributed by atoms with Gasteiger partial charge >= 0.3 is 0 Å². The molecule has 0 aliphatic carbocycles. The lowest BCUT2D eigenvalue weighted by molar-refractivity contribution is 0.0394. The molecule has 1 fully saturated rings. The van der Waals surface area contributed by atoms with Gasteiger partial charge in [-0.2, -0.15) is 0 Å². The average molecular weight is 333 g/mol. The minimum Gasteiger partial charge on any atom is -0.370 e. The first kappa shape index (κ1) is 13.6. The van der Waals surface area contributed by atoms with E-state index in [2.05, 4.69) is 63.1 Å². The van der Waals surface area contributed by atoms with Crippen LogP contribution in [0, 0.1) is 6.92 Å². The number of aryl methyl sites for hydroxylation is 1. The van der Waals surface area contributed by atoms with Crippen molar-refractivity contribution in [3.63, 3.8) is 0 Å². The Morgan fingerprint density at radius 2 is 2.15 bits per heavy atom. The molecule has 1 aromatic heterocycles. The van der Waals surface area contributed by atoms with Crippen LogP contribution in [0.1, 0.15) is 17.2 Å². The number of hydrogen-bond acceptors (Lipinski definition) is 3. The van der Waals surface area contributed by atoms with Crippen LogP contribution in [0.15, 0.2) is 47.2 Å². The van der Waals surface area contributed by atoms with Gasteiger partial charge in [0.15, 0.2) is 0 Å². The van der Waals surface area contributed by atoms with Gasteiger partial charge in [0.2, 0.25) is 0 Å². The van der Waals surface area contributed by atoms with Gasteiger partial charge in [-0.05, 0) is 40.0 Å². The molecule has 1 aliphatic heterocycles. The molecule has 4 heteroatoms. The lowest BCUT2D eigenvalue weighted by Gasteiger charge is -2.35. The van der Waals surface area contributed by atoms with Crippen molar-refractivity contribution in [2.24, 2.45) is 0 Å². The van der Waals surface area contributed by atoms with Crippen LogP contribution in [0.25, 0.3) is 0 Å². The number of nitrogens with zero attached hydrogens (tertiary/aromatic N) is 2. The van der Waals surface area contributed by atoms with Gasteiger partial charge in [-0.3, -0.25) is 4.98 Å². The summed E-state index contributed by atoms with van der Waals surface area (Å²) in [5, 5.41) is 0. The number of benzene rings is 1. The summed E-state index contributed by atoms with van der Waals surface area (Å²) in [6, 6.07) is 10.5. The van der Waals surface area contributed by atoms with E-state index in [0.717, 1.165) is 29.9 Å². The van der Waals surface area contributed by atoms with Crippen LogP contribution in [0.4, 0.5) is 5.69 Å². The maximum Gasteiger partial charge on any atom is 0.100 e. The van der Waals surface area contributed by atoms with Crippen LogP contribution in [-0.2, 0) is 4.74 Å². The third kappa shape index (κ3) is 2.86. The molecule has 104 valence electrons. The van der Waals surface area contributed by atoms with E-state index < -0.39 is 0 Å². The summed E-state index contributed by atoms with van der Waals surface area (Å²) in [5.41, 5.74) is 3.70. The summed E-state index contributed by atoms with van der Waals surface area (Å²) < 4.78 is 6.96. The van der Waals surface area contributed by atoms with Crippen molar-refractivity contribution in [1.29, 1.82) is 0 Å². The van der Waals surface area contributed by atoms with Gasteiger partial charge in [0.05, 0.1) is 18.5 Å². The van der Waals surface area contributed by atoms with E-state index in [9.17, 15) is 0 Å². The van der Waals surface area contributed by atoms with Crippen molar-refractivity contribution in [2.75, 3.05) is 24.6 Å². The molecular formula is C16H17BrN2O. The predicted octanol–water partition coefficient (Wildman–Crippen LogP) is 3.73. The molecule has 1 unspecified atom stereocenters. The smallest absolute Gasteiger partial charge is 0.100 e. The van der Waals surface area contributed by atoms with Crippen LogP contribution >= 0.6 is 15.9 Å². The average Bonchev–Trinajstić information content (AvgIpc) is 2.48. The Morgan fingerprint density at radius 3 is 2.95 bits per heavy atom. The Labute approximate surface area is 127 Å². The molecule has 1 saturated heterocycles. The highest BCUT2D eigenvalue weighted by Gasteiger charge is 2.23. The molecule has 0 saturated carbocycles. The maximum atomic E-state index is 5.95. The van der Waals surface area contributed by atoms with Crippen molar-refractivity contribution in [2.45, 2.75) is 13.0 Å². The van der Waals surface area contributed by atoms with E-state index in [1.807, 2.05) is 12.4 Å². The summed E-state index contributed by atoms with van der Waals surface area (Å²) >= 11 is 3.48. The minimum atomic E-state index is 0.129. The molecule has 20 heavy (non-hydrogen) atoms. The first-order chi connectivity index (χ1) is 9.74. The first-order valence-corrected chi connectivity index (χ1v) is 7.56. The Hall–Kier alpha value is -1.39. The SMILES string of the molecule is Cc1ccccc1C1CN(c2cncc(Br)c2)CCO1. The summed E-state index contributed by atoms with van der Waals surface area (Å²) in [6.07, 6.45) is 3.84. The predicted molar refractivity (Wildman–Crippen MR) is 84.0 cm³/mol. The molecule has 0 N–H and O–H groups in total. The van der Waals surface area contributed by atoms with Crippen molar-refractivity contribution >= 4 is 21.6 Å². The number of hydrogen-bond donors (Lipinski definition) is 0. The van der Waals surface area contributed by atoms with Gasteiger partial charge in [-0.1, -0.05) is 24.3 Å². The van der Waals surface area contributed by atoms with Gasteiger partial charge < -0.3 is 9.64 Å². The Morgan fingerprint density at radius 1 is 1.30 bits per heavy atom. The fourth-order valence-corrected chi connectivity index (χ4v) is 2.95. The molecule has 0 spiro atoms. The molecule has 2 aromatic rings. The number of anilines is 1. The van der Waals surface area contributed by atoms with E-state index in [1.165, 1.54) is 11.1 Å². The van der Waals surface area contributed by atoms with Gasteiger partial charge in [0.1, 0.15) is 6.10 Å². The Balaban J connectivity index is 1.82. The van der Waals surface area contributed by atoms with E-state index in [-0.39, 0.29) is 6.10 Å². The maximum absolute atomic E-state index is 5.95. The van der Waals surface area contributed by atoms with E-state index >= 15 is 0 Å². The second-order valence-electron chi connectivity index (χ2n) is 5.02. The quantitative estimate of drug-likeness (QED) is 0.837. The van der Waals surface area contributed by atoms with Crippen LogP contribution in [-0.4, -0.2) is 24.7 Å². The minimum absolute atomic E-state index is 0.129. The standard InChI is InChI=1S/C16H17BrN2O/c1-12-4-2-3-5-15(12)16-11-19(6-7-20-16)14-8-13(17)9-18-10-14/h2-5,8-10,16H,6-7,11H2,1H3. The van der Waals surface area contributed by atoms with Crippen molar-refractivity contribution in [3.05, 3.63) is 58.3 Å². The van der Waals surface area contributed by atoms with Gasteiger partial charge in [-0.25, -0.2) is 0 Å². The number of aromatic nitrogens is 1. The summed E-state index contributed by atoms with van der Waals surface area (Å²) in [4.78, 5) is 6.58. The molecule has 1 aromatic carbocycles. The largest absolute Gasteiger partial charge is 0.370 e. The number of halogens is 1. The number of ether oxygens (including phenoxy) is 1. The van der Waals surface area contributed by atoms with Gasteiger partial charge in [0, 0.05) is 23.8 Å². The molecule has 3 rings (SSSR count). The number of rotatable bonds is 2. The van der Waals surface area contributed by atoms with Crippen molar-refractivity contribution in [1.82, 2.24) is 4.98 Å². The van der Waals surface area contributed by atoms with Crippen LogP contribution in [0.2, 0.25) is 0 Å². The van der Waals surface area contributed by atoms with Gasteiger partial charge in [-0.15, -0.1) is 0 Å². The lowest BCUT2D eigenvalue weighted by Crippen LogP contribution is -2.38. The van der Waals surface area contributed by atoms with E-state index in [4.69, 9.17) is 4.74 Å². The highest BCUT2D eigenvalue weighted by Crippen LogP contribution is 2.28. The van der Waals surface area contributed by atoms with Crippen LogP contribution in [0.5, 0.6) is 0 Å². The molecule has 2 heterocycles. The Bertz CT molecular complexity index is 603. The molecule has 0 amide bonds. The molecule has 0 radical (unpaired) electrons. The molecule has 1 atom stereocenters. The topological polar surface area (TPSA) is 25.4 Å². The molecule has 3 nitrogen and oxygen atoms in total. The highest BCUT2D eigenvalue weighted by atomic mass is 79.9. The monoisotopic (exact) mass is 332 g/mol. The van der Waals surface area contributed by atoms with Crippen LogP contribution in [0.3, 0.4) is 0 Å². The highest BCUT2D eigenvalue weighted by molar-refractivity contribution is 9.10. The van der Waals surface area contributed by atoms with E-state index in [1.54, 1.807) is 0 Å². The van der Waals surface area contributed by atoms with Crippen LogP contribution < -0.4 is 4.90 Å². The van der Waals surface area contributed by atoms with E-state index in [0.29, 0.717) is 0 Å². The zero-order valence-electron chi connectivity index (χ0n) is 11.4. The second-order valence-corrected chi connectivity index (χ2v) is 5.94. The molecule has 1 aliphatic rings. The normalized spacial score (nSPS) is 19.1. The Kier molecular flexibility index (Phi) is 4.03. The summed E-state index contributed by atoms with van der Waals surface area (Å²) in [6.45, 7) is 4.65. The lowest BCUT2D eigenvalue weighted by atomic mass is 10.0. The summed E-state index contributed by atoms with van der Waals surface area (Å²) in [5.74, 6) is 0.